The fraction of sp³-hybridized carbons (Fsp3) is 0.500. The van der Waals surface area contributed by atoms with Gasteiger partial charge in [-0.25, -0.2) is 13.4 Å². The summed E-state index contributed by atoms with van der Waals surface area (Å²) in [6.07, 6.45) is 2.81. The Hall–Kier alpha value is -1.44. The molecule has 0 saturated carbocycles. The van der Waals surface area contributed by atoms with Crippen LogP contribution in [0.2, 0.25) is 0 Å². The molecule has 1 unspecified atom stereocenters. The van der Waals surface area contributed by atoms with E-state index < -0.39 is 9.84 Å². The number of aromatic nitrogens is 2. The highest BCUT2D eigenvalue weighted by Gasteiger charge is 2.16. The average molecular weight is 311 g/mol. The van der Waals surface area contributed by atoms with Gasteiger partial charge in [0, 0.05) is 27.0 Å². The molecule has 0 radical (unpaired) electrons. The largest absolute Gasteiger partial charge is 0.385 e. The highest BCUT2D eigenvalue weighted by atomic mass is 32.2. The summed E-state index contributed by atoms with van der Waals surface area (Å²) in [6.45, 7) is 0.663. The standard InChI is InChI=1S/C14H21N3O3S/c1-17-13-7-6-10(21(3,18)19)9-12(13)16-14(17)11(15)5-4-8-20-2/h6-7,9,11H,4-5,8,15H2,1-3H3. The summed E-state index contributed by atoms with van der Waals surface area (Å²) in [4.78, 5) is 4.77. The van der Waals surface area contributed by atoms with Gasteiger partial charge in [0.2, 0.25) is 0 Å². The Morgan fingerprint density at radius 3 is 2.76 bits per heavy atom. The van der Waals surface area contributed by atoms with Crippen LogP contribution >= 0.6 is 0 Å². The third kappa shape index (κ3) is 3.42. The van der Waals surface area contributed by atoms with E-state index in [-0.39, 0.29) is 10.9 Å². The van der Waals surface area contributed by atoms with Gasteiger partial charge >= 0.3 is 0 Å². The smallest absolute Gasteiger partial charge is 0.175 e. The molecule has 21 heavy (non-hydrogen) atoms. The van der Waals surface area contributed by atoms with Gasteiger partial charge in [0.15, 0.2) is 9.84 Å². The number of rotatable bonds is 6. The number of hydrogen-bond donors (Lipinski definition) is 1. The Labute approximate surface area is 124 Å². The lowest BCUT2D eigenvalue weighted by atomic mass is 10.1. The maximum absolute atomic E-state index is 11.6. The van der Waals surface area contributed by atoms with E-state index in [9.17, 15) is 8.42 Å². The van der Waals surface area contributed by atoms with E-state index in [2.05, 4.69) is 4.98 Å². The van der Waals surface area contributed by atoms with Crippen LogP contribution in [0.15, 0.2) is 23.1 Å². The molecule has 0 aliphatic rings. The van der Waals surface area contributed by atoms with Crippen LogP contribution in [0.1, 0.15) is 24.7 Å². The summed E-state index contributed by atoms with van der Waals surface area (Å²) >= 11 is 0. The first-order valence-corrected chi connectivity index (χ1v) is 8.64. The van der Waals surface area contributed by atoms with Crippen molar-refractivity contribution < 1.29 is 13.2 Å². The predicted molar refractivity (Wildman–Crippen MR) is 81.9 cm³/mol. The molecule has 1 atom stereocenters. The molecule has 2 rings (SSSR count). The highest BCUT2D eigenvalue weighted by Crippen LogP contribution is 2.23. The van der Waals surface area contributed by atoms with E-state index in [1.165, 1.54) is 6.26 Å². The van der Waals surface area contributed by atoms with Gasteiger partial charge < -0.3 is 15.0 Å². The van der Waals surface area contributed by atoms with Crippen molar-refractivity contribution in [1.82, 2.24) is 9.55 Å². The van der Waals surface area contributed by atoms with Crippen LogP contribution in [0.5, 0.6) is 0 Å². The molecular formula is C14H21N3O3S. The topological polar surface area (TPSA) is 87.2 Å². The minimum Gasteiger partial charge on any atom is -0.385 e. The summed E-state index contributed by atoms with van der Waals surface area (Å²) in [5.74, 6) is 0.756. The normalized spacial score (nSPS) is 13.7. The second-order valence-electron chi connectivity index (χ2n) is 5.19. The van der Waals surface area contributed by atoms with Gasteiger partial charge in [0.25, 0.3) is 0 Å². The van der Waals surface area contributed by atoms with E-state index in [4.69, 9.17) is 10.5 Å². The molecule has 6 nitrogen and oxygen atoms in total. The Balaban J connectivity index is 2.36. The molecule has 0 spiro atoms. The average Bonchev–Trinajstić information content (AvgIpc) is 2.75. The van der Waals surface area contributed by atoms with E-state index in [1.54, 1.807) is 25.3 Å². The zero-order chi connectivity index (χ0) is 15.6. The van der Waals surface area contributed by atoms with Crippen molar-refractivity contribution in [3.63, 3.8) is 0 Å². The number of hydrogen-bond acceptors (Lipinski definition) is 5. The van der Waals surface area contributed by atoms with Crippen LogP contribution in [0, 0.1) is 0 Å². The van der Waals surface area contributed by atoms with Crippen molar-refractivity contribution in [3.05, 3.63) is 24.0 Å². The third-order valence-corrected chi connectivity index (χ3v) is 4.62. The lowest BCUT2D eigenvalue weighted by molar-refractivity contribution is 0.190. The Morgan fingerprint density at radius 1 is 1.43 bits per heavy atom. The monoisotopic (exact) mass is 311 g/mol. The summed E-state index contributed by atoms with van der Waals surface area (Å²) in [6, 6.07) is 4.76. The summed E-state index contributed by atoms with van der Waals surface area (Å²) in [5, 5.41) is 0. The molecule has 0 aliphatic heterocycles. The minimum absolute atomic E-state index is 0.195. The van der Waals surface area contributed by atoms with Gasteiger partial charge in [-0.15, -0.1) is 0 Å². The molecule has 2 N–H and O–H groups in total. The lowest BCUT2D eigenvalue weighted by Gasteiger charge is -2.11. The second kappa shape index (κ2) is 6.13. The van der Waals surface area contributed by atoms with E-state index in [0.717, 1.165) is 24.2 Å². The first-order valence-electron chi connectivity index (χ1n) is 6.75. The molecular weight excluding hydrogens is 290 g/mol. The molecule has 0 aliphatic carbocycles. The Morgan fingerprint density at radius 2 is 2.14 bits per heavy atom. The van der Waals surface area contributed by atoms with E-state index in [1.807, 2.05) is 11.6 Å². The quantitative estimate of drug-likeness (QED) is 0.815. The van der Waals surface area contributed by atoms with Crippen LogP contribution < -0.4 is 5.73 Å². The van der Waals surface area contributed by atoms with Gasteiger partial charge in [0.05, 0.1) is 22.0 Å². The van der Waals surface area contributed by atoms with Gasteiger partial charge in [-0.3, -0.25) is 0 Å². The highest BCUT2D eigenvalue weighted by molar-refractivity contribution is 7.90. The van der Waals surface area contributed by atoms with Crippen molar-refractivity contribution in [1.29, 1.82) is 0 Å². The maximum atomic E-state index is 11.6. The molecule has 1 heterocycles. The minimum atomic E-state index is -3.23. The number of benzene rings is 1. The van der Waals surface area contributed by atoms with Gasteiger partial charge in [0.1, 0.15) is 5.82 Å². The molecule has 1 aromatic heterocycles. The molecule has 0 fully saturated rings. The fourth-order valence-corrected chi connectivity index (χ4v) is 2.98. The Kier molecular flexibility index (Phi) is 4.65. The molecule has 1 aromatic carbocycles. The van der Waals surface area contributed by atoms with Gasteiger partial charge in [-0.2, -0.15) is 0 Å². The fourth-order valence-electron chi connectivity index (χ4n) is 2.34. The van der Waals surface area contributed by atoms with Crippen molar-refractivity contribution in [3.8, 4) is 0 Å². The lowest BCUT2D eigenvalue weighted by Crippen LogP contribution is -2.15. The number of fused-ring (bicyclic) bond motifs is 1. The number of nitrogens with zero attached hydrogens (tertiary/aromatic N) is 2. The van der Waals surface area contributed by atoms with Crippen LogP contribution in [0.25, 0.3) is 11.0 Å². The summed E-state index contributed by atoms with van der Waals surface area (Å²) in [7, 11) is 0.317. The first kappa shape index (κ1) is 15.9. The number of aryl methyl sites for hydroxylation is 1. The van der Waals surface area contributed by atoms with E-state index >= 15 is 0 Å². The first-order chi connectivity index (χ1) is 9.84. The molecule has 0 amide bonds. The molecule has 0 bridgehead atoms. The Bertz CT molecular complexity index is 737. The number of nitrogens with two attached hydrogens (primary N) is 1. The van der Waals surface area contributed by atoms with Crippen LogP contribution in [0.4, 0.5) is 0 Å². The summed E-state index contributed by atoms with van der Waals surface area (Å²) in [5.41, 5.74) is 7.69. The SMILES string of the molecule is COCCCC(N)c1nc2cc(S(C)(=O)=O)ccc2n1C. The molecule has 2 aromatic rings. The van der Waals surface area contributed by atoms with Crippen molar-refractivity contribution in [2.45, 2.75) is 23.8 Å². The second-order valence-corrected chi connectivity index (χ2v) is 7.21. The zero-order valence-electron chi connectivity index (χ0n) is 12.5. The van der Waals surface area contributed by atoms with Crippen molar-refractivity contribution in [2.75, 3.05) is 20.0 Å². The molecule has 0 saturated heterocycles. The van der Waals surface area contributed by atoms with Crippen molar-refractivity contribution in [2.24, 2.45) is 12.8 Å². The maximum Gasteiger partial charge on any atom is 0.175 e. The third-order valence-electron chi connectivity index (χ3n) is 3.51. The van der Waals surface area contributed by atoms with Crippen LogP contribution in [0.3, 0.4) is 0 Å². The zero-order valence-corrected chi connectivity index (χ0v) is 13.4. The number of imidazole rings is 1. The van der Waals surface area contributed by atoms with E-state index in [0.29, 0.717) is 12.1 Å². The van der Waals surface area contributed by atoms with Gasteiger partial charge in [-0.1, -0.05) is 0 Å². The molecule has 7 heteroatoms. The van der Waals surface area contributed by atoms with Crippen LogP contribution in [-0.2, 0) is 21.6 Å². The van der Waals surface area contributed by atoms with Gasteiger partial charge in [-0.05, 0) is 31.0 Å². The number of sulfone groups is 1. The summed E-state index contributed by atoms with van der Waals surface area (Å²) < 4.78 is 30.1. The predicted octanol–water partition coefficient (Wildman–Crippen LogP) is 1.40. The number of methoxy groups -OCH3 is 1. The van der Waals surface area contributed by atoms with Crippen molar-refractivity contribution >= 4 is 20.9 Å². The molecule has 116 valence electrons. The number of ether oxygens (including phenoxy) is 1. The van der Waals surface area contributed by atoms with Crippen LogP contribution in [-0.4, -0.2) is 37.9 Å².